The van der Waals surface area contributed by atoms with Crippen LogP contribution in [0.15, 0.2) is 41.3 Å². The average molecular weight is 188 g/mol. The van der Waals surface area contributed by atoms with Gasteiger partial charge in [-0.3, -0.25) is 4.98 Å². The highest BCUT2D eigenvalue weighted by atomic mass is 16.3. The van der Waals surface area contributed by atoms with Crippen LogP contribution in [-0.2, 0) is 6.54 Å². The quantitative estimate of drug-likeness (QED) is 0.804. The molecule has 0 aliphatic rings. The van der Waals surface area contributed by atoms with Gasteiger partial charge >= 0.3 is 0 Å². The lowest BCUT2D eigenvalue weighted by Gasteiger charge is -2.03. The van der Waals surface area contributed by atoms with Gasteiger partial charge < -0.3 is 9.73 Å². The van der Waals surface area contributed by atoms with Gasteiger partial charge in [0.2, 0.25) is 0 Å². The van der Waals surface area contributed by atoms with Crippen LogP contribution < -0.4 is 5.32 Å². The molecule has 2 aromatic heterocycles. The molecule has 0 radical (unpaired) electrons. The summed E-state index contributed by atoms with van der Waals surface area (Å²) in [5.41, 5.74) is 2.16. The molecule has 0 saturated heterocycles. The molecule has 0 atom stereocenters. The Morgan fingerprint density at radius 1 is 1.43 bits per heavy atom. The van der Waals surface area contributed by atoms with Gasteiger partial charge in [-0.15, -0.1) is 0 Å². The lowest BCUT2D eigenvalue weighted by atomic mass is 10.3. The summed E-state index contributed by atoms with van der Waals surface area (Å²) in [5.74, 6) is 0.923. The number of nitrogens with one attached hydrogen (secondary N) is 1. The Bertz CT molecular complexity index is 395. The van der Waals surface area contributed by atoms with E-state index in [1.54, 1.807) is 12.5 Å². The minimum absolute atomic E-state index is 0.693. The Hall–Kier alpha value is -1.77. The van der Waals surface area contributed by atoms with Crippen LogP contribution in [0.5, 0.6) is 0 Å². The Balaban J connectivity index is 1.98. The standard InChI is InChI=1S/C11H12N2O/c1-9-5-10(7-12-6-9)13-8-11-3-2-4-14-11/h2-7,13H,8H2,1H3. The maximum Gasteiger partial charge on any atom is 0.122 e. The summed E-state index contributed by atoms with van der Waals surface area (Å²) in [7, 11) is 0. The maximum atomic E-state index is 5.20. The molecule has 0 bridgehead atoms. The summed E-state index contributed by atoms with van der Waals surface area (Å²) in [6, 6.07) is 5.87. The van der Waals surface area contributed by atoms with Crippen LogP contribution in [0.2, 0.25) is 0 Å². The minimum atomic E-state index is 0.693. The van der Waals surface area contributed by atoms with Gasteiger partial charge in [0, 0.05) is 12.4 Å². The molecule has 0 aliphatic carbocycles. The van der Waals surface area contributed by atoms with E-state index in [-0.39, 0.29) is 0 Å². The Morgan fingerprint density at radius 2 is 2.36 bits per heavy atom. The third kappa shape index (κ3) is 2.13. The number of aromatic nitrogens is 1. The normalized spacial score (nSPS) is 10.1. The predicted molar refractivity (Wildman–Crippen MR) is 55.0 cm³/mol. The lowest BCUT2D eigenvalue weighted by Crippen LogP contribution is -1.98. The van der Waals surface area contributed by atoms with Gasteiger partial charge in [-0.2, -0.15) is 0 Å². The van der Waals surface area contributed by atoms with E-state index in [0.29, 0.717) is 6.54 Å². The molecule has 3 nitrogen and oxygen atoms in total. The molecule has 2 aromatic rings. The molecule has 3 heteroatoms. The molecule has 0 spiro atoms. The first-order valence-corrected chi connectivity index (χ1v) is 4.52. The van der Waals surface area contributed by atoms with Crippen LogP contribution >= 0.6 is 0 Å². The highest BCUT2D eigenvalue weighted by Gasteiger charge is 1.96. The van der Waals surface area contributed by atoms with Crippen molar-refractivity contribution >= 4 is 5.69 Å². The predicted octanol–water partition coefficient (Wildman–Crippen LogP) is 2.60. The molecular weight excluding hydrogens is 176 g/mol. The fourth-order valence-electron chi connectivity index (χ4n) is 1.25. The fraction of sp³-hybridized carbons (Fsp3) is 0.182. The number of nitrogens with zero attached hydrogens (tertiary/aromatic N) is 1. The number of aryl methyl sites for hydroxylation is 1. The molecule has 0 aromatic carbocycles. The zero-order chi connectivity index (χ0) is 9.80. The second-order valence-electron chi connectivity index (χ2n) is 3.18. The van der Waals surface area contributed by atoms with Crippen molar-refractivity contribution in [1.29, 1.82) is 0 Å². The summed E-state index contributed by atoms with van der Waals surface area (Å²) in [4.78, 5) is 4.09. The van der Waals surface area contributed by atoms with Gasteiger partial charge in [0.15, 0.2) is 0 Å². The van der Waals surface area contributed by atoms with Crippen molar-refractivity contribution in [3.8, 4) is 0 Å². The minimum Gasteiger partial charge on any atom is -0.467 e. The first-order chi connectivity index (χ1) is 6.84. The Morgan fingerprint density at radius 3 is 3.07 bits per heavy atom. The Labute approximate surface area is 82.8 Å². The van der Waals surface area contributed by atoms with E-state index in [1.165, 1.54) is 0 Å². The summed E-state index contributed by atoms with van der Waals surface area (Å²) in [6.45, 7) is 2.71. The molecule has 0 fully saturated rings. The first kappa shape index (κ1) is 8.81. The third-order valence-corrected chi connectivity index (χ3v) is 1.92. The van der Waals surface area contributed by atoms with E-state index >= 15 is 0 Å². The van der Waals surface area contributed by atoms with Crippen molar-refractivity contribution in [1.82, 2.24) is 4.98 Å². The molecule has 2 heterocycles. The third-order valence-electron chi connectivity index (χ3n) is 1.92. The Kier molecular flexibility index (Phi) is 2.49. The van der Waals surface area contributed by atoms with Gasteiger partial charge in [0.1, 0.15) is 5.76 Å². The van der Waals surface area contributed by atoms with Crippen molar-refractivity contribution in [3.63, 3.8) is 0 Å². The SMILES string of the molecule is Cc1cncc(NCc2ccco2)c1. The molecule has 72 valence electrons. The molecule has 1 N–H and O–H groups in total. The maximum absolute atomic E-state index is 5.20. The highest BCUT2D eigenvalue weighted by molar-refractivity contribution is 5.42. The van der Waals surface area contributed by atoms with Gasteiger partial charge in [-0.05, 0) is 30.7 Å². The van der Waals surface area contributed by atoms with Gasteiger partial charge in [-0.25, -0.2) is 0 Å². The van der Waals surface area contributed by atoms with E-state index in [9.17, 15) is 0 Å². The zero-order valence-electron chi connectivity index (χ0n) is 8.03. The molecule has 14 heavy (non-hydrogen) atoms. The molecule has 0 amide bonds. The lowest BCUT2D eigenvalue weighted by molar-refractivity contribution is 0.518. The van der Waals surface area contributed by atoms with E-state index in [4.69, 9.17) is 4.42 Å². The summed E-state index contributed by atoms with van der Waals surface area (Å²) < 4.78 is 5.20. The van der Waals surface area contributed by atoms with Crippen molar-refractivity contribution in [2.75, 3.05) is 5.32 Å². The molecular formula is C11H12N2O. The van der Waals surface area contributed by atoms with Gasteiger partial charge in [0.05, 0.1) is 18.5 Å². The van der Waals surface area contributed by atoms with Crippen LogP contribution in [0.1, 0.15) is 11.3 Å². The number of hydrogen-bond acceptors (Lipinski definition) is 3. The van der Waals surface area contributed by atoms with Crippen LogP contribution in [-0.4, -0.2) is 4.98 Å². The van der Waals surface area contributed by atoms with E-state index in [1.807, 2.05) is 25.3 Å². The van der Waals surface area contributed by atoms with Crippen LogP contribution in [0.3, 0.4) is 0 Å². The van der Waals surface area contributed by atoms with Gasteiger partial charge in [-0.1, -0.05) is 0 Å². The first-order valence-electron chi connectivity index (χ1n) is 4.52. The second kappa shape index (κ2) is 3.96. The summed E-state index contributed by atoms with van der Waals surface area (Å²) in [5, 5.41) is 3.23. The number of pyridine rings is 1. The van der Waals surface area contributed by atoms with E-state index in [0.717, 1.165) is 17.0 Å². The van der Waals surface area contributed by atoms with Gasteiger partial charge in [0.25, 0.3) is 0 Å². The largest absolute Gasteiger partial charge is 0.467 e. The molecule has 0 saturated carbocycles. The fourth-order valence-corrected chi connectivity index (χ4v) is 1.25. The monoisotopic (exact) mass is 188 g/mol. The zero-order valence-corrected chi connectivity index (χ0v) is 8.03. The van der Waals surface area contributed by atoms with Crippen molar-refractivity contribution < 1.29 is 4.42 Å². The van der Waals surface area contributed by atoms with E-state index in [2.05, 4.69) is 16.4 Å². The average Bonchev–Trinajstić information content (AvgIpc) is 2.67. The van der Waals surface area contributed by atoms with E-state index < -0.39 is 0 Å². The molecule has 0 unspecified atom stereocenters. The molecule has 0 aliphatic heterocycles. The highest BCUT2D eigenvalue weighted by Crippen LogP contribution is 2.09. The van der Waals surface area contributed by atoms with Crippen molar-refractivity contribution in [2.24, 2.45) is 0 Å². The number of anilines is 1. The van der Waals surface area contributed by atoms with Crippen molar-refractivity contribution in [2.45, 2.75) is 13.5 Å². The number of rotatable bonds is 3. The van der Waals surface area contributed by atoms with Crippen LogP contribution in [0.4, 0.5) is 5.69 Å². The summed E-state index contributed by atoms with van der Waals surface area (Å²) in [6.07, 6.45) is 5.31. The van der Waals surface area contributed by atoms with Crippen LogP contribution in [0, 0.1) is 6.92 Å². The smallest absolute Gasteiger partial charge is 0.122 e. The topological polar surface area (TPSA) is 38.1 Å². The van der Waals surface area contributed by atoms with Crippen molar-refractivity contribution in [3.05, 3.63) is 48.2 Å². The molecule has 2 rings (SSSR count). The number of hydrogen-bond donors (Lipinski definition) is 1. The summed E-state index contributed by atoms with van der Waals surface area (Å²) >= 11 is 0. The number of furan rings is 1. The second-order valence-corrected chi connectivity index (χ2v) is 3.18. The van der Waals surface area contributed by atoms with Crippen LogP contribution in [0.25, 0.3) is 0 Å².